The number of hydrogen-bond donors (Lipinski definition) is 6. The van der Waals surface area contributed by atoms with Gasteiger partial charge in [-0.3, -0.25) is 19.2 Å². The van der Waals surface area contributed by atoms with Crippen molar-refractivity contribution in [2.24, 2.45) is 11.7 Å². The monoisotopic (exact) mass is 332 g/mol. The molecule has 3 unspecified atom stereocenters. The third kappa shape index (κ3) is 7.56. The number of carbonyl (C=O) groups excluding carboxylic acids is 3. The average Bonchev–Trinajstić information content (AvgIpc) is 2.48. The van der Waals surface area contributed by atoms with Gasteiger partial charge in [0.2, 0.25) is 17.7 Å². The van der Waals surface area contributed by atoms with Crippen molar-refractivity contribution in [2.75, 3.05) is 13.2 Å². The van der Waals surface area contributed by atoms with E-state index in [0.29, 0.717) is 0 Å². The van der Waals surface area contributed by atoms with Crippen LogP contribution in [-0.2, 0) is 19.2 Å². The van der Waals surface area contributed by atoms with Crippen molar-refractivity contribution < 1.29 is 29.4 Å². The zero-order valence-corrected chi connectivity index (χ0v) is 13.3. The van der Waals surface area contributed by atoms with Gasteiger partial charge in [-0.05, 0) is 12.8 Å². The molecule has 0 aromatic heterocycles. The van der Waals surface area contributed by atoms with Crippen molar-refractivity contribution in [3.05, 3.63) is 0 Å². The molecule has 0 aliphatic rings. The van der Waals surface area contributed by atoms with Gasteiger partial charge in [0.1, 0.15) is 12.1 Å². The first-order valence-corrected chi connectivity index (χ1v) is 7.06. The molecule has 0 bridgehead atoms. The third-order valence-electron chi connectivity index (χ3n) is 3.01. The first kappa shape index (κ1) is 20.8. The van der Waals surface area contributed by atoms with Gasteiger partial charge in [-0.1, -0.05) is 13.8 Å². The van der Waals surface area contributed by atoms with Crippen molar-refractivity contribution in [1.29, 1.82) is 0 Å². The van der Waals surface area contributed by atoms with Gasteiger partial charge in [0.25, 0.3) is 0 Å². The van der Waals surface area contributed by atoms with Gasteiger partial charge in [-0.2, -0.15) is 0 Å². The van der Waals surface area contributed by atoms with Crippen molar-refractivity contribution in [1.82, 2.24) is 16.0 Å². The summed E-state index contributed by atoms with van der Waals surface area (Å²) in [7, 11) is 0. The molecule has 3 amide bonds. The number of aliphatic carboxylic acids is 1. The maximum Gasteiger partial charge on any atom is 0.325 e. The summed E-state index contributed by atoms with van der Waals surface area (Å²) in [5.41, 5.74) is 5.62. The second-order valence-corrected chi connectivity index (χ2v) is 5.36. The summed E-state index contributed by atoms with van der Waals surface area (Å²) in [6.45, 7) is 3.57. The summed E-state index contributed by atoms with van der Waals surface area (Å²) in [6.07, 6.45) is 0. The second-order valence-electron chi connectivity index (χ2n) is 5.36. The number of carboxylic acids is 1. The number of amides is 3. The Kier molecular flexibility index (Phi) is 8.81. The van der Waals surface area contributed by atoms with Crippen LogP contribution in [0.4, 0.5) is 0 Å². The standard InChI is InChI=1S/C13H24N4O6/c1-6(2)10(14)12(21)17-8(5-18)11(20)15-4-9(19)16-7(3)13(22)23/h6-8,10,18H,4-5,14H2,1-3H3,(H,15,20)(H,16,19)(H,17,21)(H,22,23). The predicted molar refractivity (Wildman–Crippen MR) is 80.1 cm³/mol. The fourth-order valence-electron chi connectivity index (χ4n) is 1.41. The molecule has 23 heavy (non-hydrogen) atoms. The van der Waals surface area contributed by atoms with Crippen LogP contribution in [0.1, 0.15) is 20.8 Å². The summed E-state index contributed by atoms with van der Waals surface area (Å²) in [5.74, 6) is -3.46. The molecule has 0 saturated carbocycles. The number of nitrogens with one attached hydrogen (secondary N) is 3. The van der Waals surface area contributed by atoms with E-state index in [9.17, 15) is 19.2 Å². The van der Waals surface area contributed by atoms with Gasteiger partial charge in [0, 0.05) is 0 Å². The van der Waals surface area contributed by atoms with E-state index < -0.39 is 55.0 Å². The lowest BCUT2D eigenvalue weighted by Crippen LogP contribution is -2.55. The summed E-state index contributed by atoms with van der Waals surface area (Å²) in [4.78, 5) is 45.6. The maximum absolute atomic E-state index is 11.8. The van der Waals surface area contributed by atoms with Crippen LogP contribution < -0.4 is 21.7 Å². The van der Waals surface area contributed by atoms with E-state index in [1.54, 1.807) is 13.8 Å². The lowest BCUT2D eigenvalue weighted by atomic mass is 10.0. The van der Waals surface area contributed by atoms with Crippen molar-refractivity contribution in [2.45, 2.75) is 38.9 Å². The molecule has 132 valence electrons. The smallest absolute Gasteiger partial charge is 0.325 e. The van der Waals surface area contributed by atoms with E-state index in [4.69, 9.17) is 15.9 Å². The summed E-state index contributed by atoms with van der Waals surface area (Å²) >= 11 is 0. The lowest BCUT2D eigenvalue weighted by molar-refractivity contribution is -0.141. The first-order valence-electron chi connectivity index (χ1n) is 7.06. The van der Waals surface area contributed by atoms with Gasteiger partial charge in [0.05, 0.1) is 19.2 Å². The van der Waals surface area contributed by atoms with E-state index in [2.05, 4.69) is 16.0 Å². The molecule has 3 atom stereocenters. The molecule has 10 heteroatoms. The second kappa shape index (κ2) is 9.74. The molecule has 0 rings (SSSR count). The molecule has 0 spiro atoms. The minimum Gasteiger partial charge on any atom is -0.480 e. The van der Waals surface area contributed by atoms with Crippen LogP contribution in [0.25, 0.3) is 0 Å². The zero-order valence-electron chi connectivity index (χ0n) is 13.3. The van der Waals surface area contributed by atoms with Crippen LogP contribution in [0.15, 0.2) is 0 Å². The Labute approximate surface area is 133 Å². The molecule has 0 aromatic rings. The molecule has 0 aromatic carbocycles. The van der Waals surface area contributed by atoms with Gasteiger partial charge in [0.15, 0.2) is 0 Å². The van der Waals surface area contributed by atoms with Gasteiger partial charge in [-0.15, -0.1) is 0 Å². The highest BCUT2D eigenvalue weighted by Gasteiger charge is 2.25. The minimum absolute atomic E-state index is 0.152. The summed E-state index contributed by atoms with van der Waals surface area (Å²) in [6, 6.07) is -3.19. The number of nitrogens with two attached hydrogens (primary N) is 1. The van der Waals surface area contributed by atoms with Crippen molar-refractivity contribution in [3.8, 4) is 0 Å². The first-order chi connectivity index (χ1) is 10.6. The quantitative estimate of drug-likeness (QED) is 0.264. The number of rotatable bonds is 9. The molecule has 7 N–H and O–H groups in total. The van der Waals surface area contributed by atoms with Crippen LogP contribution in [-0.4, -0.2) is 65.2 Å². The molecular formula is C13H24N4O6. The maximum atomic E-state index is 11.8. The molecule has 0 radical (unpaired) electrons. The van der Waals surface area contributed by atoms with Crippen LogP contribution in [0, 0.1) is 5.92 Å². The normalized spacial score (nSPS) is 14.5. The summed E-state index contributed by atoms with van der Waals surface area (Å²) < 4.78 is 0. The van der Waals surface area contributed by atoms with Gasteiger partial charge >= 0.3 is 5.97 Å². The highest BCUT2D eigenvalue weighted by Crippen LogP contribution is 1.98. The zero-order chi connectivity index (χ0) is 18.2. The Balaban J connectivity index is 4.43. The molecule has 10 nitrogen and oxygen atoms in total. The van der Waals surface area contributed by atoms with Crippen LogP contribution in [0.2, 0.25) is 0 Å². The van der Waals surface area contributed by atoms with Gasteiger partial charge < -0.3 is 31.9 Å². The highest BCUT2D eigenvalue weighted by atomic mass is 16.4. The van der Waals surface area contributed by atoms with Crippen LogP contribution >= 0.6 is 0 Å². The fraction of sp³-hybridized carbons (Fsp3) is 0.692. The fourth-order valence-corrected chi connectivity index (χ4v) is 1.41. The average molecular weight is 332 g/mol. The largest absolute Gasteiger partial charge is 0.480 e. The minimum atomic E-state index is -1.25. The topological polar surface area (TPSA) is 171 Å². The Morgan fingerprint density at radius 1 is 1.04 bits per heavy atom. The van der Waals surface area contributed by atoms with Crippen molar-refractivity contribution in [3.63, 3.8) is 0 Å². The summed E-state index contributed by atoms with van der Waals surface area (Å²) in [5, 5.41) is 24.4. The number of carbonyl (C=O) groups is 4. The Morgan fingerprint density at radius 3 is 2.04 bits per heavy atom. The Hall–Kier alpha value is -2.20. The van der Waals surface area contributed by atoms with E-state index in [1.807, 2.05) is 0 Å². The van der Waals surface area contributed by atoms with E-state index in [-0.39, 0.29) is 5.92 Å². The van der Waals surface area contributed by atoms with Crippen LogP contribution in [0.3, 0.4) is 0 Å². The lowest BCUT2D eigenvalue weighted by Gasteiger charge is -2.20. The third-order valence-corrected chi connectivity index (χ3v) is 3.01. The molecule has 0 aliphatic heterocycles. The predicted octanol–water partition coefficient (Wildman–Crippen LogP) is -2.85. The Morgan fingerprint density at radius 2 is 1.61 bits per heavy atom. The van der Waals surface area contributed by atoms with Crippen molar-refractivity contribution >= 4 is 23.7 Å². The van der Waals surface area contributed by atoms with Gasteiger partial charge in [-0.25, -0.2) is 0 Å². The Bertz CT molecular complexity index is 454. The number of hydrogen-bond acceptors (Lipinski definition) is 6. The molecule has 0 aliphatic carbocycles. The van der Waals surface area contributed by atoms with E-state index in [0.717, 1.165) is 0 Å². The van der Waals surface area contributed by atoms with E-state index in [1.165, 1.54) is 6.92 Å². The van der Waals surface area contributed by atoms with E-state index >= 15 is 0 Å². The number of aliphatic hydroxyl groups is 1. The molecular weight excluding hydrogens is 308 g/mol. The SMILES string of the molecule is CC(NC(=O)CNC(=O)C(CO)NC(=O)C(N)C(C)C)C(=O)O. The molecule has 0 fully saturated rings. The van der Waals surface area contributed by atoms with Crippen LogP contribution in [0.5, 0.6) is 0 Å². The molecule has 0 saturated heterocycles. The number of aliphatic hydroxyl groups excluding tert-OH is 1. The molecule has 0 heterocycles. The highest BCUT2D eigenvalue weighted by molar-refractivity contribution is 5.92. The number of carboxylic acid groups (broad SMARTS) is 1.